The SMILES string of the molecule is CC(Br)CCCCS(C)(=O)=O. The lowest BCUT2D eigenvalue weighted by molar-refractivity contribution is 0.595. The molecule has 1 unspecified atom stereocenters. The first-order valence-electron chi connectivity index (χ1n) is 3.73. The molecule has 11 heavy (non-hydrogen) atoms. The second-order valence-electron chi connectivity index (χ2n) is 2.91. The van der Waals surface area contributed by atoms with Crippen molar-refractivity contribution in [1.82, 2.24) is 0 Å². The van der Waals surface area contributed by atoms with Crippen LogP contribution < -0.4 is 0 Å². The second-order valence-corrected chi connectivity index (χ2v) is 6.73. The van der Waals surface area contributed by atoms with E-state index in [1.165, 1.54) is 6.26 Å². The Balaban J connectivity index is 3.30. The molecular formula is C7H15BrO2S. The Morgan fingerprint density at radius 2 is 1.91 bits per heavy atom. The lowest BCUT2D eigenvalue weighted by Crippen LogP contribution is -2.03. The van der Waals surface area contributed by atoms with Crippen LogP contribution in [0.2, 0.25) is 0 Å². The second kappa shape index (κ2) is 5.14. The number of sulfone groups is 1. The number of rotatable bonds is 5. The van der Waals surface area contributed by atoms with Gasteiger partial charge in [-0.3, -0.25) is 0 Å². The van der Waals surface area contributed by atoms with Gasteiger partial charge >= 0.3 is 0 Å². The van der Waals surface area contributed by atoms with E-state index in [0.717, 1.165) is 19.3 Å². The Labute approximate surface area is 77.4 Å². The molecule has 0 saturated heterocycles. The van der Waals surface area contributed by atoms with Gasteiger partial charge < -0.3 is 0 Å². The van der Waals surface area contributed by atoms with Crippen molar-refractivity contribution in [3.05, 3.63) is 0 Å². The van der Waals surface area contributed by atoms with Gasteiger partial charge in [0.05, 0.1) is 0 Å². The van der Waals surface area contributed by atoms with Crippen molar-refractivity contribution in [2.75, 3.05) is 12.0 Å². The summed E-state index contributed by atoms with van der Waals surface area (Å²) in [5.41, 5.74) is 0. The van der Waals surface area contributed by atoms with Gasteiger partial charge in [0.2, 0.25) is 0 Å². The van der Waals surface area contributed by atoms with Crippen molar-refractivity contribution in [3.63, 3.8) is 0 Å². The first kappa shape index (κ1) is 11.4. The number of hydrogen-bond acceptors (Lipinski definition) is 2. The van der Waals surface area contributed by atoms with Crippen LogP contribution >= 0.6 is 15.9 Å². The smallest absolute Gasteiger partial charge is 0.147 e. The van der Waals surface area contributed by atoms with Gasteiger partial charge in [-0.1, -0.05) is 29.3 Å². The van der Waals surface area contributed by atoms with Crippen LogP contribution in [-0.2, 0) is 9.84 Å². The van der Waals surface area contributed by atoms with Crippen LogP contribution in [-0.4, -0.2) is 25.3 Å². The summed E-state index contributed by atoms with van der Waals surface area (Å²) in [6.07, 6.45) is 4.11. The monoisotopic (exact) mass is 242 g/mol. The van der Waals surface area contributed by atoms with Gasteiger partial charge in [0.15, 0.2) is 0 Å². The quantitative estimate of drug-likeness (QED) is 0.546. The molecule has 0 radical (unpaired) electrons. The third-order valence-electron chi connectivity index (χ3n) is 1.37. The first-order chi connectivity index (χ1) is 4.92. The minimum atomic E-state index is -2.74. The zero-order chi connectivity index (χ0) is 8.91. The lowest BCUT2D eigenvalue weighted by atomic mass is 10.2. The average Bonchev–Trinajstić information content (AvgIpc) is 1.78. The van der Waals surface area contributed by atoms with Crippen molar-refractivity contribution >= 4 is 25.8 Å². The van der Waals surface area contributed by atoms with Crippen molar-refractivity contribution in [2.24, 2.45) is 0 Å². The predicted octanol–water partition coefficient (Wildman–Crippen LogP) is 1.98. The van der Waals surface area contributed by atoms with Crippen molar-refractivity contribution in [1.29, 1.82) is 0 Å². The van der Waals surface area contributed by atoms with Gasteiger partial charge in [0.25, 0.3) is 0 Å². The zero-order valence-corrected chi connectivity index (χ0v) is 9.41. The molecule has 0 saturated carbocycles. The van der Waals surface area contributed by atoms with E-state index in [0.29, 0.717) is 10.6 Å². The largest absolute Gasteiger partial charge is 0.229 e. The Hall–Kier alpha value is 0.430. The number of unbranched alkanes of at least 4 members (excludes halogenated alkanes) is 1. The topological polar surface area (TPSA) is 34.1 Å². The van der Waals surface area contributed by atoms with Crippen LogP contribution in [0.25, 0.3) is 0 Å². The Morgan fingerprint density at radius 1 is 1.36 bits per heavy atom. The van der Waals surface area contributed by atoms with Crippen LogP contribution in [0.15, 0.2) is 0 Å². The van der Waals surface area contributed by atoms with Gasteiger partial charge in [0.1, 0.15) is 9.84 Å². The molecule has 0 bridgehead atoms. The number of halogens is 1. The summed E-state index contributed by atoms with van der Waals surface area (Å²) >= 11 is 3.41. The first-order valence-corrected chi connectivity index (χ1v) is 6.71. The van der Waals surface area contributed by atoms with E-state index in [-0.39, 0.29) is 0 Å². The van der Waals surface area contributed by atoms with Gasteiger partial charge in [-0.25, -0.2) is 8.42 Å². The number of alkyl halides is 1. The summed E-state index contributed by atoms with van der Waals surface area (Å²) in [5, 5.41) is 0. The normalized spacial score (nSPS) is 14.8. The maximum atomic E-state index is 10.7. The third kappa shape index (κ3) is 10.4. The molecule has 0 fully saturated rings. The molecular weight excluding hydrogens is 228 g/mol. The van der Waals surface area contributed by atoms with E-state index in [4.69, 9.17) is 0 Å². The summed E-state index contributed by atoms with van der Waals surface area (Å²) < 4.78 is 21.3. The molecule has 68 valence electrons. The van der Waals surface area contributed by atoms with Crippen LogP contribution in [0.4, 0.5) is 0 Å². The van der Waals surface area contributed by atoms with Gasteiger partial charge in [-0.05, 0) is 12.8 Å². The predicted molar refractivity (Wildman–Crippen MR) is 52.0 cm³/mol. The van der Waals surface area contributed by atoms with E-state index in [9.17, 15) is 8.42 Å². The lowest BCUT2D eigenvalue weighted by Gasteiger charge is -2.01. The third-order valence-corrected chi connectivity index (χ3v) is 2.86. The molecule has 0 amide bonds. The molecule has 0 rings (SSSR count). The Kier molecular flexibility index (Phi) is 5.34. The molecule has 0 aliphatic carbocycles. The molecule has 0 aromatic heterocycles. The minimum Gasteiger partial charge on any atom is -0.229 e. The fraction of sp³-hybridized carbons (Fsp3) is 1.00. The highest BCUT2D eigenvalue weighted by molar-refractivity contribution is 9.09. The summed E-state index contributed by atoms with van der Waals surface area (Å²) in [4.78, 5) is 0.502. The molecule has 0 aromatic carbocycles. The van der Waals surface area contributed by atoms with Gasteiger partial charge in [0, 0.05) is 16.8 Å². The van der Waals surface area contributed by atoms with Crippen molar-refractivity contribution in [3.8, 4) is 0 Å². The van der Waals surface area contributed by atoms with Crippen molar-refractivity contribution < 1.29 is 8.42 Å². The summed E-state index contributed by atoms with van der Waals surface area (Å²) in [5.74, 6) is 0.326. The van der Waals surface area contributed by atoms with Crippen LogP contribution in [0.5, 0.6) is 0 Å². The standard InChI is InChI=1S/C7H15BrO2S/c1-7(8)5-3-4-6-11(2,9)10/h7H,3-6H2,1-2H3. The van der Waals surface area contributed by atoms with E-state index < -0.39 is 9.84 Å². The van der Waals surface area contributed by atoms with Crippen LogP contribution in [0, 0.1) is 0 Å². The molecule has 0 aromatic rings. The summed E-state index contributed by atoms with van der Waals surface area (Å²) in [7, 11) is -2.74. The average molecular weight is 243 g/mol. The van der Waals surface area contributed by atoms with Crippen LogP contribution in [0.1, 0.15) is 26.2 Å². The van der Waals surface area contributed by atoms with E-state index in [1.807, 2.05) is 0 Å². The Morgan fingerprint density at radius 3 is 2.27 bits per heavy atom. The zero-order valence-electron chi connectivity index (χ0n) is 7.01. The van der Waals surface area contributed by atoms with Gasteiger partial charge in [-0.2, -0.15) is 0 Å². The molecule has 0 heterocycles. The highest BCUT2D eigenvalue weighted by Crippen LogP contribution is 2.08. The summed E-state index contributed by atoms with van der Waals surface area (Å²) in [6, 6.07) is 0. The molecule has 0 aliphatic rings. The van der Waals surface area contributed by atoms with Crippen molar-refractivity contribution in [2.45, 2.75) is 31.0 Å². The molecule has 1 atom stereocenters. The molecule has 2 nitrogen and oxygen atoms in total. The highest BCUT2D eigenvalue weighted by Gasteiger charge is 2.01. The summed E-state index contributed by atoms with van der Waals surface area (Å²) in [6.45, 7) is 2.07. The van der Waals surface area contributed by atoms with Gasteiger partial charge in [-0.15, -0.1) is 0 Å². The molecule has 4 heteroatoms. The fourth-order valence-electron chi connectivity index (χ4n) is 0.790. The highest BCUT2D eigenvalue weighted by atomic mass is 79.9. The fourth-order valence-corrected chi connectivity index (χ4v) is 1.84. The van der Waals surface area contributed by atoms with E-state index >= 15 is 0 Å². The van der Waals surface area contributed by atoms with E-state index in [2.05, 4.69) is 22.9 Å². The number of hydrogen-bond donors (Lipinski definition) is 0. The van der Waals surface area contributed by atoms with E-state index in [1.54, 1.807) is 0 Å². The van der Waals surface area contributed by atoms with Crippen LogP contribution in [0.3, 0.4) is 0 Å². The maximum absolute atomic E-state index is 10.7. The molecule has 0 spiro atoms. The molecule has 0 aliphatic heterocycles. The molecule has 0 N–H and O–H groups in total. The minimum absolute atomic E-state index is 0.326. The maximum Gasteiger partial charge on any atom is 0.147 e. The Bertz CT molecular complexity index is 185.